The third kappa shape index (κ3) is 4.03. The first-order valence-electron chi connectivity index (χ1n) is 6.89. The number of morpholine rings is 1. The maximum Gasteiger partial charge on any atom is 0.263 e. The van der Waals surface area contributed by atoms with Crippen LogP contribution in [0.5, 0.6) is 0 Å². The molecule has 21 heavy (non-hydrogen) atoms. The molecule has 2 rings (SSSR count). The highest BCUT2D eigenvalue weighted by Gasteiger charge is 2.20. The fourth-order valence-corrected chi connectivity index (χ4v) is 4.19. The second-order valence-corrected chi connectivity index (χ2v) is 6.50. The molecule has 0 saturated carbocycles. The Balaban J connectivity index is 1.97. The summed E-state index contributed by atoms with van der Waals surface area (Å²) in [6.07, 6.45) is 1.97. The number of nitrogens with zero attached hydrogens (tertiary/aromatic N) is 1. The molecule has 1 aliphatic heterocycles. The van der Waals surface area contributed by atoms with Crippen LogP contribution in [0.25, 0.3) is 0 Å². The van der Waals surface area contributed by atoms with Crippen LogP contribution in [0.15, 0.2) is 4.90 Å². The standard InChI is InChI=1S/C13H22N4O2S2/c1-15-12(18)10-9(14)11(20-2)13(21-10)16-3-4-17-5-7-19-8-6-17/h16H,3-8,14H2,1-2H3,(H,15,18). The Morgan fingerprint density at radius 1 is 1.48 bits per heavy atom. The van der Waals surface area contributed by atoms with Gasteiger partial charge in [-0.1, -0.05) is 0 Å². The van der Waals surface area contributed by atoms with E-state index in [9.17, 15) is 4.79 Å². The number of carbonyl (C=O) groups excluding carboxylic acids is 1. The van der Waals surface area contributed by atoms with Crippen molar-refractivity contribution in [1.82, 2.24) is 10.2 Å². The van der Waals surface area contributed by atoms with Gasteiger partial charge in [0.15, 0.2) is 0 Å². The number of anilines is 2. The summed E-state index contributed by atoms with van der Waals surface area (Å²) in [5.74, 6) is -0.131. The smallest absolute Gasteiger partial charge is 0.263 e. The van der Waals surface area contributed by atoms with Crippen molar-refractivity contribution in [2.75, 3.05) is 63.7 Å². The minimum Gasteiger partial charge on any atom is -0.396 e. The molecule has 2 heterocycles. The van der Waals surface area contributed by atoms with Crippen molar-refractivity contribution < 1.29 is 9.53 Å². The first-order chi connectivity index (χ1) is 10.2. The summed E-state index contributed by atoms with van der Waals surface area (Å²) in [4.78, 5) is 15.7. The number of hydrogen-bond acceptors (Lipinski definition) is 7. The number of ether oxygens (including phenoxy) is 1. The van der Waals surface area contributed by atoms with Crippen LogP contribution in [-0.2, 0) is 4.74 Å². The molecule has 6 nitrogen and oxygen atoms in total. The molecule has 118 valence electrons. The van der Waals surface area contributed by atoms with Crippen LogP contribution in [0.3, 0.4) is 0 Å². The minimum absolute atomic E-state index is 0.131. The van der Waals surface area contributed by atoms with Gasteiger partial charge in [0.05, 0.1) is 23.8 Å². The quantitative estimate of drug-likeness (QED) is 0.679. The van der Waals surface area contributed by atoms with Crippen molar-refractivity contribution in [1.29, 1.82) is 0 Å². The number of rotatable bonds is 6. The molecule has 4 N–H and O–H groups in total. The topological polar surface area (TPSA) is 79.6 Å². The lowest BCUT2D eigenvalue weighted by molar-refractivity contribution is 0.0398. The highest BCUT2D eigenvalue weighted by atomic mass is 32.2. The number of thioether (sulfide) groups is 1. The number of amides is 1. The highest BCUT2D eigenvalue weighted by molar-refractivity contribution is 7.99. The second-order valence-electron chi connectivity index (χ2n) is 4.67. The molecule has 1 amide bonds. The Morgan fingerprint density at radius 3 is 2.81 bits per heavy atom. The molecular formula is C13H22N4O2S2. The van der Waals surface area contributed by atoms with Gasteiger partial charge in [-0.05, 0) is 6.26 Å². The normalized spacial score (nSPS) is 15.9. The Labute approximate surface area is 133 Å². The van der Waals surface area contributed by atoms with Crippen molar-refractivity contribution in [2.45, 2.75) is 4.90 Å². The van der Waals surface area contributed by atoms with Gasteiger partial charge in [0.1, 0.15) is 9.88 Å². The van der Waals surface area contributed by atoms with Gasteiger partial charge in [-0.3, -0.25) is 9.69 Å². The van der Waals surface area contributed by atoms with E-state index >= 15 is 0 Å². The molecule has 8 heteroatoms. The van der Waals surface area contributed by atoms with Crippen LogP contribution in [0.1, 0.15) is 9.67 Å². The zero-order valence-electron chi connectivity index (χ0n) is 12.4. The van der Waals surface area contributed by atoms with Crippen LogP contribution in [0.2, 0.25) is 0 Å². The van der Waals surface area contributed by atoms with Crippen LogP contribution >= 0.6 is 23.1 Å². The molecule has 0 bridgehead atoms. The van der Waals surface area contributed by atoms with E-state index in [0.29, 0.717) is 10.6 Å². The molecule has 0 aliphatic carbocycles. The predicted octanol–water partition coefficient (Wildman–Crippen LogP) is 1.16. The second kappa shape index (κ2) is 7.88. The number of nitrogens with two attached hydrogens (primary N) is 1. The molecule has 1 aliphatic rings. The summed E-state index contributed by atoms with van der Waals surface area (Å²) < 4.78 is 5.33. The molecule has 1 aromatic heterocycles. The molecule has 1 fully saturated rings. The minimum atomic E-state index is -0.131. The van der Waals surface area contributed by atoms with Crippen LogP contribution in [0.4, 0.5) is 10.7 Å². The third-order valence-corrected chi connectivity index (χ3v) is 5.48. The van der Waals surface area contributed by atoms with E-state index in [2.05, 4.69) is 15.5 Å². The number of hydrogen-bond donors (Lipinski definition) is 3. The van der Waals surface area contributed by atoms with Gasteiger partial charge in [-0.25, -0.2) is 0 Å². The Hall–Kier alpha value is -0.960. The summed E-state index contributed by atoms with van der Waals surface area (Å²) in [7, 11) is 1.62. The van der Waals surface area contributed by atoms with Gasteiger partial charge >= 0.3 is 0 Å². The average Bonchev–Trinajstić information content (AvgIpc) is 2.83. The molecule has 0 radical (unpaired) electrons. The summed E-state index contributed by atoms with van der Waals surface area (Å²) in [6.45, 7) is 5.37. The maximum absolute atomic E-state index is 11.8. The summed E-state index contributed by atoms with van der Waals surface area (Å²) in [5.41, 5.74) is 6.64. The van der Waals surface area contributed by atoms with Crippen molar-refractivity contribution in [3.05, 3.63) is 4.88 Å². The number of nitrogens with one attached hydrogen (secondary N) is 2. The number of carbonyl (C=O) groups is 1. The van der Waals surface area contributed by atoms with Gasteiger partial charge in [0.25, 0.3) is 5.91 Å². The summed E-state index contributed by atoms with van der Waals surface area (Å²) in [5, 5.41) is 7.01. The van der Waals surface area contributed by atoms with E-state index in [0.717, 1.165) is 49.3 Å². The Kier molecular flexibility index (Phi) is 6.16. The molecule has 0 spiro atoms. The van der Waals surface area contributed by atoms with E-state index < -0.39 is 0 Å². The van der Waals surface area contributed by atoms with E-state index in [4.69, 9.17) is 10.5 Å². The van der Waals surface area contributed by atoms with Crippen LogP contribution in [0, 0.1) is 0 Å². The average molecular weight is 330 g/mol. The summed E-state index contributed by atoms with van der Waals surface area (Å²) >= 11 is 2.98. The molecule has 0 unspecified atom stereocenters. The lowest BCUT2D eigenvalue weighted by Gasteiger charge is -2.26. The van der Waals surface area contributed by atoms with E-state index in [1.165, 1.54) is 11.3 Å². The van der Waals surface area contributed by atoms with Gasteiger partial charge in [0, 0.05) is 33.2 Å². The fraction of sp³-hybridized carbons (Fsp3) is 0.615. The maximum atomic E-state index is 11.8. The third-order valence-electron chi connectivity index (χ3n) is 3.35. The first kappa shape index (κ1) is 16.4. The SMILES string of the molecule is CNC(=O)c1sc(NCCN2CCOCC2)c(SC)c1N. The predicted molar refractivity (Wildman–Crippen MR) is 89.7 cm³/mol. The summed E-state index contributed by atoms with van der Waals surface area (Å²) in [6, 6.07) is 0. The Morgan fingerprint density at radius 2 is 2.19 bits per heavy atom. The lowest BCUT2D eigenvalue weighted by atomic mass is 10.3. The Bertz CT molecular complexity index is 487. The number of nitrogen functional groups attached to an aromatic ring is 1. The van der Waals surface area contributed by atoms with Crippen LogP contribution in [-0.4, -0.2) is 63.5 Å². The van der Waals surface area contributed by atoms with Crippen molar-refractivity contribution in [3.63, 3.8) is 0 Å². The van der Waals surface area contributed by atoms with E-state index in [-0.39, 0.29) is 5.91 Å². The van der Waals surface area contributed by atoms with Gasteiger partial charge < -0.3 is 21.1 Å². The highest BCUT2D eigenvalue weighted by Crippen LogP contribution is 2.41. The first-order valence-corrected chi connectivity index (χ1v) is 8.93. The number of thiophene rings is 1. The van der Waals surface area contributed by atoms with Crippen molar-refractivity contribution in [2.24, 2.45) is 0 Å². The molecule has 1 aromatic rings. The van der Waals surface area contributed by atoms with Crippen LogP contribution < -0.4 is 16.4 Å². The van der Waals surface area contributed by atoms with Crippen molar-refractivity contribution >= 4 is 39.7 Å². The van der Waals surface area contributed by atoms with Gasteiger partial charge in [-0.2, -0.15) is 0 Å². The van der Waals surface area contributed by atoms with Crippen molar-refractivity contribution in [3.8, 4) is 0 Å². The fourth-order valence-electron chi connectivity index (χ4n) is 2.18. The largest absolute Gasteiger partial charge is 0.396 e. The monoisotopic (exact) mass is 330 g/mol. The molecule has 1 saturated heterocycles. The van der Waals surface area contributed by atoms with Gasteiger partial charge in [0.2, 0.25) is 0 Å². The zero-order valence-corrected chi connectivity index (χ0v) is 14.0. The lowest BCUT2D eigenvalue weighted by Crippen LogP contribution is -2.38. The molecular weight excluding hydrogens is 308 g/mol. The van der Waals surface area contributed by atoms with E-state index in [1.807, 2.05) is 6.26 Å². The molecule has 0 atom stereocenters. The molecule has 0 aromatic carbocycles. The van der Waals surface area contributed by atoms with E-state index in [1.54, 1.807) is 18.8 Å². The van der Waals surface area contributed by atoms with Gasteiger partial charge in [-0.15, -0.1) is 23.1 Å². The zero-order chi connectivity index (χ0) is 15.2.